The zero-order valence-corrected chi connectivity index (χ0v) is 16.8. The molecule has 0 saturated heterocycles. The Morgan fingerprint density at radius 1 is 1.36 bits per heavy atom. The Hall–Kier alpha value is -2.77. The predicted octanol–water partition coefficient (Wildman–Crippen LogP) is 2.15. The van der Waals surface area contributed by atoms with E-state index in [0.717, 1.165) is 48.5 Å². The molecule has 0 aliphatic carbocycles. The van der Waals surface area contributed by atoms with Crippen LogP contribution < -0.4 is 21.1 Å². The van der Waals surface area contributed by atoms with Gasteiger partial charge in [0.2, 0.25) is 0 Å². The Morgan fingerprint density at radius 3 is 2.93 bits per heavy atom. The fourth-order valence-electron chi connectivity index (χ4n) is 3.54. The van der Waals surface area contributed by atoms with Crippen LogP contribution in [0.1, 0.15) is 49.2 Å². The number of urea groups is 1. The van der Waals surface area contributed by atoms with E-state index in [1.165, 1.54) is 4.68 Å². The van der Waals surface area contributed by atoms with Crippen LogP contribution in [-0.4, -0.2) is 34.0 Å². The maximum Gasteiger partial charge on any atom is 0.345 e. The van der Waals surface area contributed by atoms with E-state index in [9.17, 15) is 9.59 Å². The molecule has 0 saturated carbocycles. The normalized spacial score (nSPS) is 14.2. The number of ether oxygens (including phenoxy) is 1. The molecule has 1 atom stereocenters. The van der Waals surface area contributed by atoms with Crippen molar-refractivity contribution in [2.45, 2.75) is 58.7 Å². The molecule has 2 amide bonds. The summed E-state index contributed by atoms with van der Waals surface area (Å²) in [5.41, 5.74) is 2.00. The number of rotatable bonds is 7. The van der Waals surface area contributed by atoms with Gasteiger partial charge in [0.1, 0.15) is 11.6 Å². The minimum atomic E-state index is -0.243. The lowest BCUT2D eigenvalue weighted by Gasteiger charge is -2.18. The topological polar surface area (TPSA) is 90.2 Å². The van der Waals surface area contributed by atoms with Gasteiger partial charge in [0.15, 0.2) is 0 Å². The van der Waals surface area contributed by atoms with Gasteiger partial charge in [-0.25, -0.2) is 14.3 Å². The van der Waals surface area contributed by atoms with Crippen molar-refractivity contribution in [1.29, 1.82) is 0 Å². The molecule has 1 aliphatic rings. The number of aromatic nitrogens is 3. The average Bonchev–Trinajstić information content (AvgIpc) is 3.01. The third-order valence-corrected chi connectivity index (χ3v) is 5.06. The summed E-state index contributed by atoms with van der Waals surface area (Å²) in [5.74, 6) is 1.63. The summed E-state index contributed by atoms with van der Waals surface area (Å²) in [6.45, 7) is 5.66. The van der Waals surface area contributed by atoms with Crippen molar-refractivity contribution >= 4 is 6.03 Å². The van der Waals surface area contributed by atoms with Crippen molar-refractivity contribution < 1.29 is 9.53 Å². The highest BCUT2D eigenvalue weighted by Crippen LogP contribution is 2.25. The molecule has 2 N–H and O–H groups in total. The highest BCUT2D eigenvalue weighted by atomic mass is 16.5. The monoisotopic (exact) mass is 387 g/mol. The molecule has 152 valence electrons. The second-order valence-electron chi connectivity index (χ2n) is 7.25. The number of methoxy groups -OCH3 is 1. The Morgan fingerprint density at radius 2 is 2.18 bits per heavy atom. The first-order valence-electron chi connectivity index (χ1n) is 9.85. The van der Waals surface area contributed by atoms with Gasteiger partial charge in [-0.15, -0.1) is 0 Å². The molecule has 0 bridgehead atoms. The fourth-order valence-corrected chi connectivity index (χ4v) is 3.54. The van der Waals surface area contributed by atoms with Crippen molar-refractivity contribution in [3.8, 4) is 5.75 Å². The lowest BCUT2D eigenvalue weighted by atomic mass is 10.0. The van der Waals surface area contributed by atoms with Gasteiger partial charge in [-0.2, -0.15) is 5.10 Å². The van der Waals surface area contributed by atoms with Crippen LogP contribution in [0.3, 0.4) is 0 Å². The third-order valence-electron chi connectivity index (χ3n) is 5.06. The number of carbonyl (C=O) groups excluding carboxylic acids is 1. The molecule has 28 heavy (non-hydrogen) atoms. The molecule has 0 unspecified atom stereocenters. The number of fused-ring (bicyclic) bond motifs is 1. The van der Waals surface area contributed by atoms with Crippen molar-refractivity contribution in [3.05, 3.63) is 45.6 Å². The Bertz CT molecular complexity index is 886. The number of benzene rings is 1. The molecule has 1 aliphatic heterocycles. The van der Waals surface area contributed by atoms with E-state index in [2.05, 4.69) is 15.7 Å². The van der Waals surface area contributed by atoms with Gasteiger partial charge in [-0.1, -0.05) is 17.7 Å². The first kappa shape index (κ1) is 20.0. The van der Waals surface area contributed by atoms with Crippen LogP contribution in [0, 0.1) is 6.92 Å². The van der Waals surface area contributed by atoms with E-state index in [1.807, 2.05) is 32.0 Å². The van der Waals surface area contributed by atoms with Crippen molar-refractivity contribution in [2.75, 3.05) is 13.7 Å². The van der Waals surface area contributed by atoms with Crippen LogP contribution in [0.15, 0.2) is 23.0 Å². The van der Waals surface area contributed by atoms with E-state index >= 15 is 0 Å². The van der Waals surface area contributed by atoms with E-state index < -0.39 is 0 Å². The molecule has 0 fully saturated rings. The van der Waals surface area contributed by atoms with Gasteiger partial charge < -0.3 is 15.4 Å². The Labute approximate surface area is 164 Å². The summed E-state index contributed by atoms with van der Waals surface area (Å²) in [6, 6.07) is 5.47. The summed E-state index contributed by atoms with van der Waals surface area (Å²) in [6.07, 6.45) is 3.63. The highest BCUT2D eigenvalue weighted by molar-refractivity contribution is 5.74. The molecule has 2 aromatic rings. The molecule has 1 aromatic heterocycles. The van der Waals surface area contributed by atoms with Crippen LogP contribution in [0.2, 0.25) is 0 Å². The van der Waals surface area contributed by atoms with E-state index in [1.54, 1.807) is 11.7 Å². The first-order valence-corrected chi connectivity index (χ1v) is 9.85. The Balaban J connectivity index is 1.47. The maximum atomic E-state index is 12.3. The van der Waals surface area contributed by atoms with Gasteiger partial charge in [0, 0.05) is 31.6 Å². The molecule has 3 rings (SSSR count). The lowest BCUT2D eigenvalue weighted by Crippen LogP contribution is -2.38. The van der Waals surface area contributed by atoms with Crippen molar-refractivity contribution in [2.24, 2.45) is 0 Å². The van der Waals surface area contributed by atoms with Crippen LogP contribution in [0.25, 0.3) is 0 Å². The average molecular weight is 387 g/mol. The standard InChI is InChI=1S/C20H29N5O3/c1-14-8-9-17(28-3)16(13-14)15(2)22-19(26)21-10-6-12-25-20(27)24-11-5-4-7-18(24)23-25/h8-9,13,15H,4-7,10-12H2,1-3H3,(H2,21,22,26)/t15-/m0/s1. The second kappa shape index (κ2) is 8.95. The third kappa shape index (κ3) is 4.55. The number of carbonyl (C=O) groups is 1. The molecule has 8 heteroatoms. The van der Waals surface area contributed by atoms with E-state index in [-0.39, 0.29) is 17.8 Å². The molecule has 0 radical (unpaired) electrons. The SMILES string of the molecule is COc1ccc(C)cc1[C@H](C)NC(=O)NCCCn1nc2n(c1=O)CCCC2. The molecular formula is C20H29N5O3. The van der Waals surface area contributed by atoms with Crippen LogP contribution in [0.4, 0.5) is 4.79 Å². The second-order valence-corrected chi connectivity index (χ2v) is 7.25. The smallest absolute Gasteiger partial charge is 0.345 e. The predicted molar refractivity (Wildman–Crippen MR) is 107 cm³/mol. The highest BCUT2D eigenvalue weighted by Gasteiger charge is 2.17. The minimum Gasteiger partial charge on any atom is -0.496 e. The van der Waals surface area contributed by atoms with E-state index in [4.69, 9.17) is 4.74 Å². The lowest BCUT2D eigenvalue weighted by molar-refractivity contribution is 0.237. The van der Waals surface area contributed by atoms with Crippen LogP contribution >= 0.6 is 0 Å². The molecule has 2 heterocycles. The summed E-state index contributed by atoms with van der Waals surface area (Å²) >= 11 is 0. The van der Waals surface area contributed by atoms with E-state index in [0.29, 0.717) is 19.5 Å². The largest absolute Gasteiger partial charge is 0.496 e. The van der Waals surface area contributed by atoms with Gasteiger partial charge in [0.05, 0.1) is 13.2 Å². The van der Waals surface area contributed by atoms with Crippen molar-refractivity contribution in [1.82, 2.24) is 25.0 Å². The molecule has 8 nitrogen and oxygen atoms in total. The number of nitrogens with zero attached hydrogens (tertiary/aromatic N) is 3. The first-order chi connectivity index (χ1) is 13.5. The van der Waals surface area contributed by atoms with Gasteiger partial charge >= 0.3 is 11.7 Å². The minimum absolute atomic E-state index is 0.0423. The summed E-state index contributed by atoms with van der Waals surface area (Å²) in [7, 11) is 1.62. The van der Waals surface area contributed by atoms with Crippen LogP contribution in [-0.2, 0) is 19.5 Å². The number of aryl methyl sites for hydroxylation is 3. The Kier molecular flexibility index (Phi) is 6.38. The van der Waals surface area contributed by atoms with Gasteiger partial charge in [0.25, 0.3) is 0 Å². The van der Waals surface area contributed by atoms with Gasteiger partial charge in [-0.05, 0) is 39.2 Å². The molecule has 0 spiro atoms. The number of amides is 2. The summed E-state index contributed by atoms with van der Waals surface area (Å²) in [4.78, 5) is 24.5. The number of nitrogens with one attached hydrogen (secondary N) is 2. The summed E-state index contributed by atoms with van der Waals surface area (Å²) in [5, 5.41) is 10.2. The molecule has 1 aromatic carbocycles. The van der Waals surface area contributed by atoms with Gasteiger partial charge in [-0.3, -0.25) is 4.57 Å². The van der Waals surface area contributed by atoms with Crippen molar-refractivity contribution in [3.63, 3.8) is 0 Å². The zero-order valence-electron chi connectivity index (χ0n) is 16.8. The zero-order chi connectivity index (χ0) is 20.1. The summed E-state index contributed by atoms with van der Waals surface area (Å²) < 4.78 is 8.66. The molecular weight excluding hydrogens is 358 g/mol. The number of hydrogen-bond donors (Lipinski definition) is 2. The maximum absolute atomic E-state index is 12.3. The number of hydrogen-bond acceptors (Lipinski definition) is 4. The quantitative estimate of drug-likeness (QED) is 0.713. The van der Waals surface area contributed by atoms with Crippen LogP contribution in [0.5, 0.6) is 5.75 Å². The fraction of sp³-hybridized carbons (Fsp3) is 0.550.